The molecule has 0 bridgehead atoms. The maximum atomic E-state index is 5.54. The van der Waals surface area contributed by atoms with E-state index in [-0.39, 0.29) is 0 Å². The number of anilines is 2. The van der Waals surface area contributed by atoms with Gasteiger partial charge in [0.25, 0.3) is 0 Å². The van der Waals surface area contributed by atoms with Crippen LogP contribution < -0.4 is 16.2 Å². The van der Waals surface area contributed by atoms with Crippen molar-refractivity contribution < 1.29 is 0 Å². The predicted molar refractivity (Wildman–Crippen MR) is 84.9 cm³/mol. The van der Waals surface area contributed by atoms with Crippen LogP contribution in [-0.4, -0.2) is 21.5 Å². The third-order valence-electron chi connectivity index (χ3n) is 3.39. The fraction of sp³-hybridized carbons (Fsp3) is 0.400. The first-order valence-corrected chi connectivity index (χ1v) is 7.17. The van der Waals surface area contributed by atoms with Gasteiger partial charge >= 0.3 is 0 Å². The zero-order valence-corrected chi connectivity index (χ0v) is 12.8. The number of nitrogens with two attached hydrogens (primary N) is 1. The van der Waals surface area contributed by atoms with Crippen LogP contribution in [0.1, 0.15) is 30.8 Å². The van der Waals surface area contributed by atoms with E-state index in [0.29, 0.717) is 12.4 Å². The lowest BCUT2D eigenvalue weighted by atomic mass is 10.2. The van der Waals surface area contributed by atoms with E-state index in [9.17, 15) is 0 Å². The normalized spacial score (nSPS) is 10.5. The summed E-state index contributed by atoms with van der Waals surface area (Å²) in [5.41, 5.74) is 5.72. The lowest BCUT2D eigenvalue weighted by Gasteiger charge is -2.24. The molecule has 2 aromatic rings. The summed E-state index contributed by atoms with van der Waals surface area (Å²) in [6.07, 6.45) is 2.35. The summed E-state index contributed by atoms with van der Waals surface area (Å²) in [6, 6.07) is 6.06. The van der Waals surface area contributed by atoms with Crippen LogP contribution in [0.3, 0.4) is 0 Å². The molecule has 6 nitrogen and oxygen atoms in total. The highest BCUT2D eigenvalue weighted by Crippen LogP contribution is 2.24. The zero-order chi connectivity index (χ0) is 15.2. The second kappa shape index (κ2) is 6.99. The molecule has 0 unspecified atom stereocenters. The molecule has 2 heterocycles. The SMILES string of the molecule is CCc1c(NN)ncnc1N(CC)Cc1cccc(C)n1. The van der Waals surface area contributed by atoms with Crippen LogP contribution >= 0.6 is 0 Å². The highest BCUT2D eigenvalue weighted by molar-refractivity contribution is 5.58. The number of hydrogen-bond acceptors (Lipinski definition) is 6. The van der Waals surface area contributed by atoms with Crippen molar-refractivity contribution in [2.75, 3.05) is 16.9 Å². The van der Waals surface area contributed by atoms with Gasteiger partial charge in [0.2, 0.25) is 0 Å². The van der Waals surface area contributed by atoms with E-state index < -0.39 is 0 Å². The molecule has 0 amide bonds. The smallest absolute Gasteiger partial charge is 0.148 e. The minimum atomic E-state index is 0.679. The third-order valence-corrected chi connectivity index (χ3v) is 3.39. The van der Waals surface area contributed by atoms with Crippen molar-refractivity contribution in [2.45, 2.75) is 33.7 Å². The molecule has 0 aliphatic rings. The molecule has 3 N–H and O–H groups in total. The average molecular weight is 286 g/mol. The van der Waals surface area contributed by atoms with E-state index >= 15 is 0 Å². The Hall–Kier alpha value is -2.21. The van der Waals surface area contributed by atoms with Crippen molar-refractivity contribution in [3.63, 3.8) is 0 Å². The van der Waals surface area contributed by atoms with E-state index in [4.69, 9.17) is 5.84 Å². The summed E-state index contributed by atoms with van der Waals surface area (Å²) >= 11 is 0. The van der Waals surface area contributed by atoms with Gasteiger partial charge in [-0.2, -0.15) is 0 Å². The lowest BCUT2D eigenvalue weighted by Crippen LogP contribution is -2.26. The van der Waals surface area contributed by atoms with Gasteiger partial charge < -0.3 is 10.3 Å². The summed E-state index contributed by atoms with van der Waals surface area (Å²) in [4.78, 5) is 15.4. The first-order chi connectivity index (χ1) is 10.2. The molecule has 0 saturated carbocycles. The molecular weight excluding hydrogens is 264 g/mol. The summed E-state index contributed by atoms with van der Waals surface area (Å²) < 4.78 is 0. The molecule has 0 saturated heterocycles. The maximum absolute atomic E-state index is 5.54. The van der Waals surface area contributed by atoms with E-state index in [1.54, 1.807) is 0 Å². The van der Waals surface area contributed by atoms with Crippen molar-refractivity contribution in [1.29, 1.82) is 0 Å². The molecule has 0 spiro atoms. The Bertz CT molecular complexity index is 598. The van der Waals surface area contributed by atoms with E-state index in [1.165, 1.54) is 6.33 Å². The molecule has 112 valence electrons. The van der Waals surface area contributed by atoms with Crippen LogP contribution in [-0.2, 0) is 13.0 Å². The summed E-state index contributed by atoms with van der Waals surface area (Å²) in [5, 5.41) is 0. The number of hydrazine groups is 1. The molecule has 0 fully saturated rings. The quantitative estimate of drug-likeness (QED) is 0.625. The van der Waals surface area contributed by atoms with Gasteiger partial charge in [-0.15, -0.1) is 0 Å². The molecule has 6 heteroatoms. The van der Waals surface area contributed by atoms with Gasteiger partial charge in [-0.3, -0.25) is 4.98 Å². The summed E-state index contributed by atoms with van der Waals surface area (Å²) in [7, 11) is 0. The molecule has 2 aromatic heterocycles. The summed E-state index contributed by atoms with van der Waals surface area (Å²) in [5.74, 6) is 7.13. The highest BCUT2D eigenvalue weighted by atomic mass is 15.3. The Morgan fingerprint density at radius 3 is 2.67 bits per heavy atom. The zero-order valence-electron chi connectivity index (χ0n) is 12.8. The third kappa shape index (κ3) is 3.46. The number of nitrogen functional groups attached to an aromatic ring is 1. The van der Waals surface area contributed by atoms with Crippen molar-refractivity contribution >= 4 is 11.6 Å². The minimum absolute atomic E-state index is 0.679. The Kier molecular flexibility index (Phi) is 5.05. The first kappa shape index (κ1) is 15.2. The van der Waals surface area contributed by atoms with Gasteiger partial charge in [0.15, 0.2) is 0 Å². The summed E-state index contributed by atoms with van der Waals surface area (Å²) in [6.45, 7) is 7.73. The number of aryl methyl sites for hydroxylation is 1. The number of aromatic nitrogens is 3. The van der Waals surface area contributed by atoms with E-state index in [2.05, 4.69) is 39.1 Å². The second-order valence-corrected chi connectivity index (χ2v) is 4.81. The number of hydrogen-bond donors (Lipinski definition) is 2. The second-order valence-electron chi connectivity index (χ2n) is 4.81. The van der Waals surface area contributed by atoms with E-state index in [0.717, 1.165) is 35.7 Å². The van der Waals surface area contributed by atoms with Gasteiger partial charge in [0.05, 0.1) is 12.2 Å². The first-order valence-electron chi connectivity index (χ1n) is 7.17. The van der Waals surface area contributed by atoms with Gasteiger partial charge in [-0.25, -0.2) is 15.8 Å². The van der Waals surface area contributed by atoms with Crippen LogP contribution in [0.4, 0.5) is 11.6 Å². The van der Waals surface area contributed by atoms with Gasteiger partial charge in [-0.1, -0.05) is 13.0 Å². The Labute approximate surface area is 125 Å². The predicted octanol–water partition coefficient (Wildman–Crippen LogP) is 2.05. The number of nitrogens with one attached hydrogen (secondary N) is 1. The van der Waals surface area contributed by atoms with Gasteiger partial charge in [-0.05, 0) is 32.4 Å². The van der Waals surface area contributed by atoms with Crippen LogP contribution in [0.25, 0.3) is 0 Å². The molecule has 21 heavy (non-hydrogen) atoms. The molecular formula is C15H22N6. The Morgan fingerprint density at radius 1 is 1.24 bits per heavy atom. The Balaban J connectivity index is 2.33. The van der Waals surface area contributed by atoms with Crippen LogP contribution in [0.5, 0.6) is 0 Å². The molecule has 0 aromatic carbocycles. The fourth-order valence-corrected chi connectivity index (χ4v) is 2.35. The molecule has 0 aliphatic heterocycles. The van der Waals surface area contributed by atoms with Crippen molar-refractivity contribution in [2.24, 2.45) is 5.84 Å². The lowest BCUT2D eigenvalue weighted by molar-refractivity contribution is 0.778. The van der Waals surface area contributed by atoms with Crippen LogP contribution in [0, 0.1) is 6.92 Å². The van der Waals surface area contributed by atoms with Crippen molar-refractivity contribution in [1.82, 2.24) is 15.0 Å². The van der Waals surface area contributed by atoms with Gasteiger partial charge in [0.1, 0.15) is 18.0 Å². The highest BCUT2D eigenvalue weighted by Gasteiger charge is 2.15. The van der Waals surface area contributed by atoms with Crippen molar-refractivity contribution in [3.05, 3.63) is 41.5 Å². The Morgan fingerprint density at radius 2 is 2.05 bits per heavy atom. The molecule has 2 rings (SSSR count). The molecule has 0 aliphatic carbocycles. The van der Waals surface area contributed by atoms with Crippen LogP contribution in [0.2, 0.25) is 0 Å². The molecule has 0 radical (unpaired) electrons. The number of pyridine rings is 1. The maximum Gasteiger partial charge on any atom is 0.148 e. The average Bonchev–Trinajstić information content (AvgIpc) is 2.51. The van der Waals surface area contributed by atoms with Gasteiger partial charge in [0, 0.05) is 17.8 Å². The van der Waals surface area contributed by atoms with Crippen molar-refractivity contribution in [3.8, 4) is 0 Å². The largest absolute Gasteiger partial charge is 0.351 e. The monoisotopic (exact) mass is 286 g/mol. The fourth-order valence-electron chi connectivity index (χ4n) is 2.35. The number of rotatable bonds is 6. The molecule has 0 atom stereocenters. The minimum Gasteiger partial charge on any atom is -0.351 e. The topological polar surface area (TPSA) is 80.0 Å². The van der Waals surface area contributed by atoms with E-state index in [1.807, 2.05) is 25.1 Å². The number of nitrogens with zero attached hydrogens (tertiary/aromatic N) is 4. The van der Waals surface area contributed by atoms with Crippen LogP contribution in [0.15, 0.2) is 24.5 Å². The standard InChI is InChI=1S/C15H22N6/c1-4-13-14(20-16)17-10-18-15(13)21(5-2)9-12-8-6-7-11(3)19-12/h6-8,10H,4-5,9,16H2,1-3H3,(H,17,18,20).